The largest absolute Gasteiger partial charge is 0.461 e. The van der Waals surface area contributed by atoms with Crippen molar-refractivity contribution in [3.63, 3.8) is 0 Å². The summed E-state index contributed by atoms with van der Waals surface area (Å²) in [5, 5.41) is 6.87. The monoisotopic (exact) mass is 229 g/mol. The highest BCUT2D eigenvalue weighted by atomic mass is 16.2. The third-order valence-electron chi connectivity index (χ3n) is 2.91. The number of hydrogen-bond acceptors (Lipinski definition) is 2. The van der Waals surface area contributed by atoms with Gasteiger partial charge >= 0.3 is 6.03 Å². The minimum Gasteiger partial charge on any atom is -0.252 e. The van der Waals surface area contributed by atoms with Crippen molar-refractivity contribution in [2.45, 2.75) is 6.42 Å². The Morgan fingerprint density at radius 3 is 3.06 bits per heavy atom. The topological polar surface area (TPSA) is 52.9 Å². The fourth-order valence-corrected chi connectivity index (χ4v) is 2.01. The van der Waals surface area contributed by atoms with Crippen LogP contribution in [0.25, 0.3) is 11.0 Å². The van der Waals surface area contributed by atoms with E-state index in [1.165, 1.54) is 4.68 Å². The molecule has 5 heteroatoms. The highest BCUT2D eigenvalue weighted by Gasteiger charge is 2.25. The minimum absolute atomic E-state index is 0.0527. The standard InChI is InChI=1S/C12H12N4O/c17-12(15-8-4-1-5-9-15)16-11-7-3-2-6-10(11)13-14-16/h1-4,6-7H,5,8-9H2/p+1. The molecule has 1 aromatic heterocycles. The van der Waals surface area contributed by atoms with Gasteiger partial charge in [-0.15, -0.1) is 5.21 Å². The van der Waals surface area contributed by atoms with Gasteiger partial charge in [-0.05, 0) is 23.7 Å². The van der Waals surface area contributed by atoms with Crippen LogP contribution in [0.4, 0.5) is 4.79 Å². The first-order valence-corrected chi connectivity index (χ1v) is 5.66. The maximum Gasteiger partial charge on any atom is 0.461 e. The lowest BCUT2D eigenvalue weighted by Gasteiger charge is -2.16. The van der Waals surface area contributed by atoms with Gasteiger partial charge in [0.25, 0.3) is 0 Å². The molecule has 1 aliphatic heterocycles. The highest BCUT2D eigenvalue weighted by Crippen LogP contribution is 2.06. The molecule has 0 bridgehead atoms. The number of rotatable bonds is 0. The molecule has 2 heterocycles. The van der Waals surface area contributed by atoms with Crippen molar-refractivity contribution >= 4 is 17.1 Å². The van der Waals surface area contributed by atoms with Gasteiger partial charge in [-0.1, -0.05) is 29.0 Å². The van der Waals surface area contributed by atoms with Crippen LogP contribution in [0, 0.1) is 0 Å². The Kier molecular flexibility index (Phi) is 2.36. The summed E-state index contributed by atoms with van der Waals surface area (Å²) in [6.45, 7) is 1.43. The average Bonchev–Trinajstić information content (AvgIpc) is 2.83. The predicted octanol–water partition coefficient (Wildman–Crippen LogP) is 1.08. The van der Waals surface area contributed by atoms with E-state index in [0.717, 1.165) is 24.0 Å². The van der Waals surface area contributed by atoms with E-state index in [9.17, 15) is 4.79 Å². The van der Waals surface area contributed by atoms with Crippen molar-refractivity contribution in [1.82, 2.24) is 15.2 Å². The first-order valence-electron chi connectivity index (χ1n) is 5.66. The molecule has 0 saturated heterocycles. The van der Waals surface area contributed by atoms with E-state index in [1.807, 2.05) is 30.3 Å². The number of para-hydroxylation sites is 2. The van der Waals surface area contributed by atoms with Gasteiger partial charge in [0.2, 0.25) is 5.52 Å². The molecular weight excluding hydrogens is 216 g/mol. The molecule has 0 unspecified atom stereocenters. The molecule has 0 aliphatic carbocycles. The number of carbonyl (C=O) groups is 1. The summed E-state index contributed by atoms with van der Waals surface area (Å²) in [6.07, 6.45) is 5.03. The number of nitrogens with zero attached hydrogens (tertiary/aromatic N) is 3. The Labute approximate surface area is 98.3 Å². The molecule has 0 saturated carbocycles. The van der Waals surface area contributed by atoms with E-state index in [4.69, 9.17) is 0 Å². The van der Waals surface area contributed by atoms with Crippen LogP contribution in [0.3, 0.4) is 0 Å². The zero-order chi connectivity index (χ0) is 11.7. The van der Waals surface area contributed by atoms with Gasteiger partial charge in [0.1, 0.15) is 0 Å². The second-order valence-electron chi connectivity index (χ2n) is 4.02. The van der Waals surface area contributed by atoms with Gasteiger partial charge in [-0.25, -0.2) is 4.79 Å². The molecule has 2 aromatic rings. The molecule has 3 rings (SSSR count). The predicted molar refractivity (Wildman–Crippen MR) is 62.4 cm³/mol. The third-order valence-corrected chi connectivity index (χ3v) is 2.91. The summed E-state index contributed by atoms with van der Waals surface area (Å²) in [6, 6.07) is 7.52. The Hall–Kier alpha value is -2.17. The average molecular weight is 229 g/mol. The molecule has 0 fully saturated rings. The summed E-state index contributed by atoms with van der Waals surface area (Å²) in [5.74, 6) is 0. The molecule has 1 N–H and O–H groups in total. The van der Waals surface area contributed by atoms with Crippen LogP contribution in [0.15, 0.2) is 36.4 Å². The van der Waals surface area contributed by atoms with E-state index in [1.54, 1.807) is 4.90 Å². The lowest BCUT2D eigenvalue weighted by atomic mass is 10.2. The second kappa shape index (κ2) is 4.01. The number of hydrogen-bond donors (Lipinski definition) is 1. The SMILES string of the molecule is O=C(N1CC=CCC1)[n+]1[nH]nc2ccccc21. The van der Waals surface area contributed by atoms with E-state index in [0.29, 0.717) is 6.54 Å². The van der Waals surface area contributed by atoms with Crippen LogP contribution in [-0.4, -0.2) is 34.3 Å². The first-order chi connectivity index (χ1) is 8.36. The van der Waals surface area contributed by atoms with Crippen molar-refractivity contribution in [3.8, 4) is 0 Å². The lowest BCUT2D eigenvalue weighted by molar-refractivity contribution is -0.616. The summed E-state index contributed by atoms with van der Waals surface area (Å²) in [4.78, 5) is 14.1. The van der Waals surface area contributed by atoms with Crippen molar-refractivity contribution in [2.75, 3.05) is 13.1 Å². The zero-order valence-electron chi connectivity index (χ0n) is 9.34. The molecule has 5 nitrogen and oxygen atoms in total. The van der Waals surface area contributed by atoms with Gasteiger partial charge in [0, 0.05) is 0 Å². The number of carbonyl (C=O) groups excluding carboxylic acids is 1. The normalized spacial score (nSPS) is 15.4. The van der Waals surface area contributed by atoms with Crippen LogP contribution in [0.2, 0.25) is 0 Å². The van der Waals surface area contributed by atoms with E-state index >= 15 is 0 Å². The van der Waals surface area contributed by atoms with Crippen LogP contribution >= 0.6 is 0 Å². The van der Waals surface area contributed by atoms with Gasteiger partial charge in [0.05, 0.1) is 13.1 Å². The first kappa shape index (κ1) is 10.0. The van der Waals surface area contributed by atoms with Gasteiger partial charge in [0.15, 0.2) is 5.52 Å². The quantitative estimate of drug-likeness (QED) is 0.543. The molecule has 17 heavy (non-hydrogen) atoms. The van der Waals surface area contributed by atoms with Gasteiger partial charge < -0.3 is 0 Å². The van der Waals surface area contributed by atoms with Gasteiger partial charge in [-0.3, -0.25) is 4.90 Å². The number of aromatic nitrogens is 3. The minimum atomic E-state index is -0.0527. The molecule has 0 spiro atoms. The number of H-pyrrole nitrogens is 1. The third kappa shape index (κ3) is 1.69. The maximum absolute atomic E-state index is 12.3. The van der Waals surface area contributed by atoms with Crippen LogP contribution in [-0.2, 0) is 0 Å². The molecular formula is C12H13N4O+. The zero-order valence-corrected chi connectivity index (χ0v) is 9.34. The summed E-state index contributed by atoms with van der Waals surface area (Å²) in [7, 11) is 0. The van der Waals surface area contributed by atoms with Crippen molar-refractivity contribution in [1.29, 1.82) is 0 Å². The number of nitrogens with one attached hydrogen (secondary N) is 1. The van der Waals surface area contributed by atoms with Crippen LogP contribution < -0.4 is 4.68 Å². The Balaban J connectivity index is 1.98. The van der Waals surface area contributed by atoms with Crippen molar-refractivity contribution in [2.24, 2.45) is 0 Å². The number of aromatic amines is 1. The van der Waals surface area contributed by atoms with Crippen LogP contribution in [0.5, 0.6) is 0 Å². The Morgan fingerprint density at radius 1 is 1.35 bits per heavy atom. The second-order valence-corrected chi connectivity index (χ2v) is 4.02. The number of benzene rings is 1. The number of fused-ring (bicyclic) bond motifs is 1. The van der Waals surface area contributed by atoms with Crippen LogP contribution in [0.1, 0.15) is 6.42 Å². The fourth-order valence-electron chi connectivity index (χ4n) is 2.01. The molecule has 1 amide bonds. The molecule has 0 radical (unpaired) electrons. The summed E-state index contributed by atoms with van der Waals surface area (Å²) in [5.41, 5.74) is 1.61. The number of amides is 1. The van der Waals surface area contributed by atoms with E-state index < -0.39 is 0 Å². The fraction of sp³-hybridized carbons (Fsp3) is 0.250. The summed E-state index contributed by atoms with van der Waals surface area (Å²) < 4.78 is 1.49. The Morgan fingerprint density at radius 2 is 2.24 bits per heavy atom. The smallest absolute Gasteiger partial charge is 0.252 e. The maximum atomic E-state index is 12.3. The highest BCUT2D eigenvalue weighted by molar-refractivity contribution is 5.76. The van der Waals surface area contributed by atoms with Crippen molar-refractivity contribution in [3.05, 3.63) is 36.4 Å². The van der Waals surface area contributed by atoms with E-state index in [2.05, 4.69) is 16.4 Å². The molecule has 0 atom stereocenters. The Bertz CT molecular complexity index is 587. The van der Waals surface area contributed by atoms with Gasteiger partial charge in [-0.2, -0.15) is 0 Å². The lowest BCUT2D eigenvalue weighted by Crippen LogP contribution is -2.54. The van der Waals surface area contributed by atoms with Crippen molar-refractivity contribution < 1.29 is 9.48 Å². The molecule has 1 aliphatic rings. The summed E-state index contributed by atoms with van der Waals surface area (Å²) >= 11 is 0. The van der Waals surface area contributed by atoms with E-state index in [-0.39, 0.29) is 6.03 Å². The molecule has 86 valence electrons. The molecule has 1 aromatic carbocycles.